The van der Waals surface area contributed by atoms with E-state index in [-0.39, 0.29) is 6.03 Å². The maximum absolute atomic E-state index is 12.0. The van der Waals surface area contributed by atoms with Crippen molar-refractivity contribution in [3.63, 3.8) is 0 Å². The van der Waals surface area contributed by atoms with Gasteiger partial charge in [-0.05, 0) is 18.9 Å². The number of benzene rings is 1. The molecule has 5 nitrogen and oxygen atoms in total. The van der Waals surface area contributed by atoms with Gasteiger partial charge in [0.2, 0.25) is 0 Å². The molecule has 1 aliphatic heterocycles. The van der Waals surface area contributed by atoms with Crippen LogP contribution in [0.3, 0.4) is 0 Å². The van der Waals surface area contributed by atoms with E-state index in [0.717, 1.165) is 39.1 Å². The zero-order valence-electron chi connectivity index (χ0n) is 13.7. The molecule has 0 atom stereocenters. The normalized spacial score (nSPS) is 15.8. The van der Waals surface area contributed by atoms with Gasteiger partial charge in [-0.2, -0.15) is 0 Å². The topological polar surface area (TPSA) is 44.8 Å². The number of aryl methyl sites for hydroxylation is 1. The first-order chi connectivity index (χ1) is 10.7. The van der Waals surface area contributed by atoms with Crippen molar-refractivity contribution in [1.82, 2.24) is 15.1 Å². The Morgan fingerprint density at radius 2 is 2.05 bits per heavy atom. The molecule has 0 bridgehead atoms. The molecular formula is C17H27N3O2. The number of hydrogen-bond donors (Lipinski definition) is 1. The molecule has 0 aliphatic carbocycles. The number of urea groups is 1. The lowest BCUT2D eigenvalue weighted by Gasteiger charge is -2.34. The second kappa shape index (κ2) is 8.76. The highest BCUT2D eigenvalue weighted by molar-refractivity contribution is 5.74. The zero-order chi connectivity index (χ0) is 15.8. The Labute approximate surface area is 133 Å². The molecule has 0 unspecified atom stereocenters. The molecule has 0 spiro atoms. The summed E-state index contributed by atoms with van der Waals surface area (Å²) in [6.07, 6.45) is 0.857. The first kappa shape index (κ1) is 16.8. The standard InChI is InChI=1S/C17H27N3O2/c1-15-5-3-6-16(13-15)14-19-8-10-20(11-9-19)17(21)18-7-4-12-22-2/h3,5-6,13H,4,7-12,14H2,1-2H3,(H,18,21). The Bertz CT molecular complexity index is 471. The average Bonchev–Trinajstić information content (AvgIpc) is 2.52. The molecule has 2 rings (SSSR count). The highest BCUT2D eigenvalue weighted by atomic mass is 16.5. The van der Waals surface area contributed by atoms with Crippen molar-refractivity contribution in [2.75, 3.05) is 46.4 Å². The first-order valence-corrected chi connectivity index (χ1v) is 7.98. The van der Waals surface area contributed by atoms with Crippen molar-refractivity contribution >= 4 is 6.03 Å². The molecule has 1 N–H and O–H groups in total. The predicted octanol–water partition coefficient (Wildman–Crippen LogP) is 1.86. The van der Waals surface area contributed by atoms with Crippen molar-refractivity contribution in [2.45, 2.75) is 19.9 Å². The van der Waals surface area contributed by atoms with Crippen LogP contribution in [0.2, 0.25) is 0 Å². The molecule has 1 heterocycles. The van der Waals surface area contributed by atoms with E-state index in [1.165, 1.54) is 11.1 Å². The monoisotopic (exact) mass is 305 g/mol. The fraction of sp³-hybridized carbons (Fsp3) is 0.588. The number of ether oxygens (including phenoxy) is 1. The second-order valence-electron chi connectivity index (χ2n) is 5.83. The summed E-state index contributed by atoms with van der Waals surface area (Å²) in [6.45, 7) is 7.89. The largest absolute Gasteiger partial charge is 0.385 e. The predicted molar refractivity (Wildman–Crippen MR) is 87.9 cm³/mol. The van der Waals surface area contributed by atoms with Crippen LogP contribution in [0.15, 0.2) is 24.3 Å². The second-order valence-corrected chi connectivity index (χ2v) is 5.83. The Morgan fingerprint density at radius 1 is 1.27 bits per heavy atom. The fourth-order valence-electron chi connectivity index (χ4n) is 2.70. The van der Waals surface area contributed by atoms with Crippen LogP contribution in [0.25, 0.3) is 0 Å². The third-order valence-corrected chi connectivity index (χ3v) is 3.95. The number of amides is 2. The number of piperazine rings is 1. The Morgan fingerprint density at radius 3 is 2.73 bits per heavy atom. The van der Waals surface area contributed by atoms with Crippen LogP contribution in [0, 0.1) is 6.92 Å². The molecule has 1 aromatic carbocycles. The smallest absolute Gasteiger partial charge is 0.317 e. The first-order valence-electron chi connectivity index (χ1n) is 7.98. The zero-order valence-corrected chi connectivity index (χ0v) is 13.7. The summed E-state index contributed by atoms with van der Waals surface area (Å²) in [5.41, 5.74) is 2.64. The van der Waals surface area contributed by atoms with Gasteiger partial charge in [0.1, 0.15) is 0 Å². The number of methoxy groups -OCH3 is 1. The van der Waals surface area contributed by atoms with Crippen LogP contribution in [-0.4, -0.2) is 62.3 Å². The van der Waals surface area contributed by atoms with E-state index in [2.05, 4.69) is 41.4 Å². The van der Waals surface area contributed by atoms with Gasteiger partial charge in [0.25, 0.3) is 0 Å². The van der Waals surface area contributed by atoms with Gasteiger partial charge in [-0.1, -0.05) is 29.8 Å². The number of carbonyl (C=O) groups is 1. The van der Waals surface area contributed by atoms with E-state index in [4.69, 9.17) is 4.74 Å². The lowest BCUT2D eigenvalue weighted by molar-refractivity contribution is 0.134. The van der Waals surface area contributed by atoms with E-state index in [0.29, 0.717) is 13.2 Å². The minimum atomic E-state index is 0.0475. The lowest BCUT2D eigenvalue weighted by atomic mass is 10.1. The third-order valence-electron chi connectivity index (χ3n) is 3.95. The van der Waals surface area contributed by atoms with Crippen LogP contribution in [0.1, 0.15) is 17.5 Å². The molecule has 122 valence electrons. The number of nitrogens with zero attached hydrogens (tertiary/aromatic N) is 2. The van der Waals surface area contributed by atoms with Gasteiger partial charge >= 0.3 is 6.03 Å². The summed E-state index contributed by atoms with van der Waals surface area (Å²) in [5, 5.41) is 2.95. The van der Waals surface area contributed by atoms with Crippen molar-refractivity contribution in [2.24, 2.45) is 0 Å². The van der Waals surface area contributed by atoms with E-state index in [9.17, 15) is 4.79 Å². The highest BCUT2D eigenvalue weighted by Crippen LogP contribution is 2.10. The number of rotatable bonds is 6. The SMILES string of the molecule is COCCCNC(=O)N1CCN(Cc2cccc(C)c2)CC1. The summed E-state index contributed by atoms with van der Waals surface area (Å²) in [5.74, 6) is 0. The third kappa shape index (κ3) is 5.31. The average molecular weight is 305 g/mol. The molecular weight excluding hydrogens is 278 g/mol. The van der Waals surface area contributed by atoms with Crippen LogP contribution >= 0.6 is 0 Å². The number of nitrogens with one attached hydrogen (secondary N) is 1. The number of hydrogen-bond acceptors (Lipinski definition) is 3. The molecule has 0 saturated carbocycles. The molecule has 0 radical (unpaired) electrons. The van der Waals surface area contributed by atoms with Gasteiger partial charge in [-0.15, -0.1) is 0 Å². The minimum absolute atomic E-state index is 0.0475. The van der Waals surface area contributed by atoms with Crippen molar-refractivity contribution in [1.29, 1.82) is 0 Å². The summed E-state index contributed by atoms with van der Waals surface area (Å²) in [6, 6.07) is 8.67. The van der Waals surface area contributed by atoms with E-state index >= 15 is 0 Å². The summed E-state index contributed by atoms with van der Waals surface area (Å²) >= 11 is 0. The van der Waals surface area contributed by atoms with Crippen LogP contribution in [0.5, 0.6) is 0 Å². The molecule has 22 heavy (non-hydrogen) atoms. The highest BCUT2D eigenvalue weighted by Gasteiger charge is 2.20. The van der Waals surface area contributed by atoms with E-state index < -0.39 is 0 Å². The Hall–Kier alpha value is -1.59. The Kier molecular flexibility index (Phi) is 6.68. The maximum Gasteiger partial charge on any atom is 0.317 e. The molecule has 2 amide bonds. The van der Waals surface area contributed by atoms with Crippen LogP contribution in [0.4, 0.5) is 4.79 Å². The maximum atomic E-state index is 12.0. The minimum Gasteiger partial charge on any atom is -0.385 e. The van der Waals surface area contributed by atoms with Crippen LogP contribution in [-0.2, 0) is 11.3 Å². The van der Waals surface area contributed by atoms with Crippen molar-refractivity contribution in [3.05, 3.63) is 35.4 Å². The van der Waals surface area contributed by atoms with Gasteiger partial charge in [0.15, 0.2) is 0 Å². The van der Waals surface area contributed by atoms with Gasteiger partial charge in [0.05, 0.1) is 0 Å². The summed E-state index contributed by atoms with van der Waals surface area (Å²) in [4.78, 5) is 16.3. The molecule has 1 aromatic rings. The van der Waals surface area contributed by atoms with E-state index in [1.54, 1.807) is 7.11 Å². The van der Waals surface area contributed by atoms with Gasteiger partial charge in [0, 0.05) is 53.0 Å². The quantitative estimate of drug-likeness (QED) is 0.816. The molecule has 1 saturated heterocycles. The number of carbonyl (C=O) groups excluding carboxylic acids is 1. The van der Waals surface area contributed by atoms with Crippen molar-refractivity contribution < 1.29 is 9.53 Å². The van der Waals surface area contributed by atoms with Crippen molar-refractivity contribution in [3.8, 4) is 0 Å². The molecule has 0 aromatic heterocycles. The van der Waals surface area contributed by atoms with E-state index in [1.807, 2.05) is 4.90 Å². The Balaban J connectivity index is 1.70. The molecule has 1 fully saturated rings. The fourth-order valence-corrected chi connectivity index (χ4v) is 2.70. The summed E-state index contributed by atoms with van der Waals surface area (Å²) < 4.78 is 4.98. The molecule has 5 heteroatoms. The summed E-state index contributed by atoms with van der Waals surface area (Å²) in [7, 11) is 1.68. The lowest BCUT2D eigenvalue weighted by Crippen LogP contribution is -2.51. The van der Waals surface area contributed by atoms with Gasteiger partial charge in [-0.25, -0.2) is 4.79 Å². The molecule has 1 aliphatic rings. The van der Waals surface area contributed by atoms with Gasteiger partial charge < -0.3 is 15.0 Å². The van der Waals surface area contributed by atoms with Gasteiger partial charge in [-0.3, -0.25) is 4.90 Å². The van der Waals surface area contributed by atoms with Crippen LogP contribution < -0.4 is 5.32 Å².